The number of carbonyl (C=O) groups is 1. The van der Waals surface area contributed by atoms with Crippen molar-refractivity contribution in [1.82, 2.24) is 5.32 Å². The Hall–Kier alpha value is -0.650. The Kier molecular flexibility index (Phi) is 4.74. The van der Waals surface area contributed by atoms with Gasteiger partial charge in [0.1, 0.15) is 6.61 Å². The normalized spacial score (nSPS) is 18.5. The van der Waals surface area contributed by atoms with E-state index in [1.807, 2.05) is 0 Å². The molecule has 1 heterocycles. The van der Waals surface area contributed by atoms with Crippen LogP contribution in [0.25, 0.3) is 0 Å². The first kappa shape index (κ1) is 10.4. The molecular formula is C8H15NO4. The Morgan fingerprint density at radius 1 is 1.46 bits per heavy atom. The Balaban J connectivity index is 2.06. The van der Waals surface area contributed by atoms with E-state index < -0.39 is 12.8 Å². The highest BCUT2D eigenvalue weighted by Gasteiger charge is 2.14. The van der Waals surface area contributed by atoms with E-state index in [1.165, 1.54) is 0 Å². The summed E-state index contributed by atoms with van der Waals surface area (Å²) in [5.41, 5.74) is 0. The Morgan fingerprint density at radius 2 is 2.15 bits per heavy atom. The van der Waals surface area contributed by atoms with Crippen LogP contribution in [0.15, 0.2) is 0 Å². The molecule has 0 spiro atoms. The van der Waals surface area contributed by atoms with E-state index in [-0.39, 0.29) is 12.7 Å². The maximum atomic E-state index is 10.8. The second kappa shape index (κ2) is 5.90. The van der Waals surface area contributed by atoms with E-state index in [4.69, 9.17) is 9.84 Å². The minimum absolute atomic E-state index is 0.0643. The van der Waals surface area contributed by atoms with E-state index in [2.05, 4.69) is 10.1 Å². The number of esters is 1. The molecule has 5 nitrogen and oxygen atoms in total. The summed E-state index contributed by atoms with van der Waals surface area (Å²) in [5, 5.41) is 11.5. The van der Waals surface area contributed by atoms with E-state index in [0.717, 1.165) is 25.9 Å². The molecule has 0 atom stereocenters. The summed E-state index contributed by atoms with van der Waals surface area (Å²) in [5.74, 6) is -0.513. The zero-order valence-electron chi connectivity index (χ0n) is 7.49. The predicted molar refractivity (Wildman–Crippen MR) is 45.0 cm³/mol. The molecule has 76 valence electrons. The van der Waals surface area contributed by atoms with Crippen LogP contribution >= 0.6 is 0 Å². The van der Waals surface area contributed by atoms with E-state index in [0.29, 0.717) is 0 Å². The minimum atomic E-state index is -0.575. The molecule has 1 fully saturated rings. The second-order valence-corrected chi connectivity index (χ2v) is 2.91. The van der Waals surface area contributed by atoms with Crippen LogP contribution in [0.4, 0.5) is 0 Å². The number of rotatable bonds is 4. The zero-order valence-corrected chi connectivity index (χ0v) is 7.49. The molecule has 0 amide bonds. The van der Waals surface area contributed by atoms with Gasteiger partial charge in [-0.1, -0.05) is 0 Å². The Morgan fingerprint density at radius 3 is 2.77 bits per heavy atom. The lowest BCUT2D eigenvalue weighted by Gasteiger charge is -2.22. The monoisotopic (exact) mass is 189 g/mol. The molecule has 1 saturated heterocycles. The van der Waals surface area contributed by atoms with Gasteiger partial charge in [-0.3, -0.25) is 0 Å². The first-order valence-corrected chi connectivity index (χ1v) is 4.41. The number of piperidine rings is 1. The highest BCUT2D eigenvalue weighted by Crippen LogP contribution is 2.06. The number of aliphatic hydroxyl groups excluding tert-OH is 1. The number of aliphatic hydroxyl groups is 1. The van der Waals surface area contributed by atoms with Gasteiger partial charge < -0.3 is 19.9 Å². The van der Waals surface area contributed by atoms with Crippen LogP contribution < -0.4 is 5.32 Å². The molecule has 1 aliphatic rings. The summed E-state index contributed by atoms with van der Waals surface area (Å²) < 4.78 is 9.58. The van der Waals surface area contributed by atoms with E-state index in [9.17, 15) is 4.79 Å². The van der Waals surface area contributed by atoms with E-state index >= 15 is 0 Å². The first-order chi connectivity index (χ1) is 6.33. The van der Waals surface area contributed by atoms with Gasteiger partial charge in [-0.15, -0.1) is 0 Å². The van der Waals surface area contributed by atoms with Crippen molar-refractivity contribution in [2.75, 3.05) is 26.5 Å². The van der Waals surface area contributed by atoms with Crippen molar-refractivity contribution in [2.24, 2.45) is 0 Å². The lowest BCUT2D eigenvalue weighted by atomic mass is 10.1. The molecule has 13 heavy (non-hydrogen) atoms. The molecule has 0 bridgehead atoms. The fraction of sp³-hybridized carbons (Fsp3) is 0.875. The second-order valence-electron chi connectivity index (χ2n) is 2.91. The van der Waals surface area contributed by atoms with Crippen molar-refractivity contribution in [2.45, 2.75) is 18.9 Å². The number of hydrogen-bond acceptors (Lipinski definition) is 5. The maximum absolute atomic E-state index is 10.8. The molecule has 0 unspecified atom stereocenters. The average molecular weight is 189 g/mol. The molecule has 0 aromatic rings. The highest BCUT2D eigenvalue weighted by atomic mass is 16.6. The maximum Gasteiger partial charge on any atom is 0.334 e. The standard InChI is InChI=1S/C8H15NO4/c10-6-13-8(11)5-12-7-1-3-9-4-2-7/h7,9-10H,1-6H2. The van der Waals surface area contributed by atoms with E-state index in [1.54, 1.807) is 0 Å². The Bertz CT molecular complexity index is 156. The zero-order chi connectivity index (χ0) is 9.52. The van der Waals surface area contributed by atoms with Gasteiger partial charge in [-0.05, 0) is 25.9 Å². The molecule has 5 heteroatoms. The molecule has 0 saturated carbocycles. The number of hydrogen-bond donors (Lipinski definition) is 2. The summed E-state index contributed by atoms with van der Waals surface area (Å²) in [4.78, 5) is 10.8. The van der Waals surface area contributed by atoms with Crippen LogP contribution in [0, 0.1) is 0 Å². The third-order valence-electron chi connectivity index (χ3n) is 1.95. The molecule has 0 aromatic carbocycles. The van der Waals surface area contributed by atoms with Crippen LogP contribution in [-0.2, 0) is 14.3 Å². The lowest BCUT2D eigenvalue weighted by Crippen LogP contribution is -2.33. The number of nitrogens with one attached hydrogen (secondary N) is 1. The fourth-order valence-electron chi connectivity index (χ4n) is 1.26. The van der Waals surface area contributed by atoms with Crippen LogP contribution in [0.2, 0.25) is 0 Å². The van der Waals surface area contributed by atoms with Gasteiger partial charge in [-0.2, -0.15) is 0 Å². The number of carbonyl (C=O) groups excluding carboxylic acids is 1. The van der Waals surface area contributed by atoms with Crippen molar-refractivity contribution in [3.63, 3.8) is 0 Å². The van der Waals surface area contributed by atoms with Crippen molar-refractivity contribution in [1.29, 1.82) is 0 Å². The van der Waals surface area contributed by atoms with Gasteiger partial charge in [-0.25, -0.2) is 4.79 Å². The summed E-state index contributed by atoms with van der Waals surface area (Å²) >= 11 is 0. The van der Waals surface area contributed by atoms with Gasteiger partial charge >= 0.3 is 5.97 Å². The SMILES string of the molecule is O=C(COC1CCNCC1)OCO. The third kappa shape index (κ3) is 4.21. The summed E-state index contributed by atoms with van der Waals surface area (Å²) in [7, 11) is 0. The summed E-state index contributed by atoms with van der Waals surface area (Å²) in [6.07, 6.45) is 1.99. The Labute approximate surface area is 77.0 Å². The van der Waals surface area contributed by atoms with Crippen LogP contribution in [0.3, 0.4) is 0 Å². The molecule has 1 rings (SSSR count). The molecule has 2 N–H and O–H groups in total. The quantitative estimate of drug-likeness (QED) is 0.450. The van der Waals surface area contributed by atoms with Crippen LogP contribution in [-0.4, -0.2) is 43.7 Å². The summed E-state index contributed by atoms with van der Waals surface area (Å²) in [6.45, 7) is 1.22. The first-order valence-electron chi connectivity index (χ1n) is 4.41. The smallest absolute Gasteiger partial charge is 0.334 e. The highest BCUT2D eigenvalue weighted by molar-refractivity contribution is 5.70. The van der Waals surface area contributed by atoms with Crippen molar-refractivity contribution >= 4 is 5.97 Å². The van der Waals surface area contributed by atoms with Crippen molar-refractivity contribution in [3.05, 3.63) is 0 Å². The largest absolute Gasteiger partial charge is 0.437 e. The topological polar surface area (TPSA) is 67.8 Å². The minimum Gasteiger partial charge on any atom is -0.437 e. The van der Waals surface area contributed by atoms with Crippen molar-refractivity contribution in [3.8, 4) is 0 Å². The third-order valence-corrected chi connectivity index (χ3v) is 1.95. The van der Waals surface area contributed by atoms with Gasteiger partial charge in [0.05, 0.1) is 6.10 Å². The lowest BCUT2D eigenvalue weighted by molar-refractivity contribution is -0.159. The van der Waals surface area contributed by atoms with Gasteiger partial charge in [0.15, 0.2) is 6.79 Å². The van der Waals surface area contributed by atoms with Gasteiger partial charge in [0.2, 0.25) is 0 Å². The van der Waals surface area contributed by atoms with Gasteiger partial charge in [0, 0.05) is 0 Å². The van der Waals surface area contributed by atoms with Crippen LogP contribution in [0.5, 0.6) is 0 Å². The molecule has 0 aliphatic carbocycles. The fourth-order valence-corrected chi connectivity index (χ4v) is 1.26. The average Bonchev–Trinajstić information content (AvgIpc) is 2.17. The number of ether oxygens (including phenoxy) is 2. The van der Waals surface area contributed by atoms with Crippen molar-refractivity contribution < 1.29 is 19.4 Å². The summed E-state index contributed by atoms with van der Waals surface area (Å²) in [6, 6.07) is 0. The molecule has 0 radical (unpaired) electrons. The van der Waals surface area contributed by atoms with Gasteiger partial charge in [0.25, 0.3) is 0 Å². The molecular weight excluding hydrogens is 174 g/mol. The predicted octanol–water partition coefficient (Wildman–Crippen LogP) is -0.752. The molecule has 1 aliphatic heterocycles. The molecule has 0 aromatic heterocycles. The van der Waals surface area contributed by atoms with Crippen LogP contribution in [0.1, 0.15) is 12.8 Å².